The van der Waals surface area contributed by atoms with Gasteiger partial charge < -0.3 is 14.2 Å². The molecule has 7 heteroatoms. The van der Waals surface area contributed by atoms with Crippen LogP contribution in [-0.2, 0) is 19.0 Å². The lowest BCUT2D eigenvalue weighted by molar-refractivity contribution is -0.295. The third-order valence-corrected chi connectivity index (χ3v) is 6.22. The van der Waals surface area contributed by atoms with Crippen molar-refractivity contribution in [3.63, 3.8) is 0 Å². The Morgan fingerprint density at radius 1 is 1.30 bits per heavy atom. The van der Waals surface area contributed by atoms with Gasteiger partial charge in [-0.25, -0.2) is 4.98 Å². The normalized spacial score (nSPS) is 22.7. The lowest BCUT2D eigenvalue weighted by atomic mass is 10.1. The molecule has 3 rings (SSSR count). The molecule has 0 bridgehead atoms. The van der Waals surface area contributed by atoms with Crippen LogP contribution in [0.25, 0.3) is 10.2 Å². The van der Waals surface area contributed by atoms with Crippen LogP contribution in [-0.4, -0.2) is 40.3 Å². The molecule has 0 N–H and O–H groups in total. The molecule has 0 aliphatic carbocycles. The van der Waals surface area contributed by atoms with Crippen LogP contribution in [0.1, 0.15) is 47.5 Å². The Labute approximate surface area is 168 Å². The van der Waals surface area contributed by atoms with Gasteiger partial charge in [0.1, 0.15) is 5.60 Å². The second-order valence-electron chi connectivity index (χ2n) is 8.16. The van der Waals surface area contributed by atoms with Crippen molar-refractivity contribution in [2.45, 2.75) is 75.4 Å². The third kappa shape index (κ3) is 6.17. The average Bonchev–Trinajstić information content (AvgIpc) is 2.92. The van der Waals surface area contributed by atoms with Gasteiger partial charge in [0.15, 0.2) is 10.1 Å². The molecule has 27 heavy (non-hydrogen) atoms. The molecule has 1 aliphatic heterocycles. The summed E-state index contributed by atoms with van der Waals surface area (Å²) in [6, 6.07) is 8.14. The van der Waals surface area contributed by atoms with Gasteiger partial charge in [0.25, 0.3) is 0 Å². The zero-order valence-electron chi connectivity index (χ0n) is 16.5. The molecular weight excluding hydrogens is 382 g/mol. The van der Waals surface area contributed by atoms with Crippen molar-refractivity contribution in [3.8, 4) is 0 Å². The van der Waals surface area contributed by atoms with Gasteiger partial charge in [0.2, 0.25) is 0 Å². The monoisotopic (exact) mass is 409 g/mol. The van der Waals surface area contributed by atoms with Gasteiger partial charge in [-0.15, -0.1) is 11.3 Å². The lowest BCUT2D eigenvalue weighted by Crippen LogP contribution is -2.46. The zero-order valence-corrected chi connectivity index (χ0v) is 18.1. The Morgan fingerprint density at radius 3 is 2.70 bits per heavy atom. The van der Waals surface area contributed by atoms with Crippen molar-refractivity contribution < 1.29 is 19.0 Å². The molecule has 0 amide bonds. The maximum Gasteiger partial charge on any atom is 0.308 e. The Morgan fingerprint density at radius 2 is 2.00 bits per heavy atom. The second kappa shape index (κ2) is 8.07. The van der Waals surface area contributed by atoms with Crippen LogP contribution < -0.4 is 0 Å². The van der Waals surface area contributed by atoms with E-state index in [1.807, 2.05) is 52.8 Å². The number of thiazole rings is 1. The molecule has 1 aromatic heterocycles. The Bertz CT molecular complexity index is 764. The van der Waals surface area contributed by atoms with E-state index < -0.39 is 11.4 Å². The van der Waals surface area contributed by atoms with Crippen molar-refractivity contribution in [1.82, 2.24) is 4.98 Å². The SMILES string of the molecule is CC(C)(C)OC(=O)C[C@H]1C[C@@H](CSc2nc3ccccc3s2)OC(C)(C)O1. The number of ether oxygens (including phenoxy) is 3. The minimum absolute atomic E-state index is 0.00167. The number of thioether (sulfide) groups is 1. The summed E-state index contributed by atoms with van der Waals surface area (Å²) in [5.74, 6) is -0.177. The van der Waals surface area contributed by atoms with Crippen LogP contribution in [0, 0.1) is 0 Å². The van der Waals surface area contributed by atoms with Crippen molar-refractivity contribution in [2.24, 2.45) is 0 Å². The maximum absolute atomic E-state index is 12.2. The molecule has 1 aromatic carbocycles. The van der Waals surface area contributed by atoms with E-state index in [2.05, 4.69) is 11.1 Å². The van der Waals surface area contributed by atoms with Gasteiger partial charge in [0, 0.05) is 12.2 Å². The van der Waals surface area contributed by atoms with Crippen molar-refractivity contribution in [3.05, 3.63) is 24.3 Å². The number of esters is 1. The quantitative estimate of drug-likeness (QED) is 0.510. The van der Waals surface area contributed by atoms with E-state index in [1.54, 1.807) is 23.1 Å². The van der Waals surface area contributed by atoms with Crippen LogP contribution >= 0.6 is 23.1 Å². The van der Waals surface area contributed by atoms with E-state index in [-0.39, 0.29) is 24.6 Å². The van der Waals surface area contributed by atoms with E-state index in [1.165, 1.54) is 4.70 Å². The highest BCUT2D eigenvalue weighted by Crippen LogP contribution is 2.34. The number of para-hydroxylation sites is 1. The van der Waals surface area contributed by atoms with Crippen molar-refractivity contribution in [2.75, 3.05) is 5.75 Å². The molecule has 148 valence electrons. The number of fused-ring (bicyclic) bond motifs is 1. The number of carbonyl (C=O) groups excluding carboxylic acids is 1. The molecule has 2 atom stereocenters. The smallest absolute Gasteiger partial charge is 0.308 e. The third-order valence-electron chi connectivity index (χ3n) is 3.91. The highest BCUT2D eigenvalue weighted by atomic mass is 32.2. The van der Waals surface area contributed by atoms with Crippen LogP contribution in [0.15, 0.2) is 28.6 Å². The molecule has 0 spiro atoms. The Kier molecular flexibility index (Phi) is 6.15. The fourth-order valence-corrected chi connectivity index (χ4v) is 5.19. The molecule has 0 radical (unpaired) electrons. The summed E-state index contributed by atoms with van der Waals surface area (Å²) in [5, 5.41) is 0. The Hall–Kier alpha value is -1.15. The Balaban J connectivity index is 1.58. The topological polar surface area (TPSA) is 57.7 Å². The van der Waals surface area contributed by atoms with Gasteiger partial charge in [-0.1, -0.05) is 23.9 Å². The molecule has 0 unspecified atom stereocenters. The molecule has 5 nitrogen and oxygen atoms in total. The summed E-state index contributed by atoms with van der Waals surface area (Å²) < 4.78 is 19.7. The summed E-state index contributed by atoms with van der Waals surface area (Å²) in [6.07, 6.45) is 0.704. The number of hydrogen-bond acceptors (Lipinski definition) is 7. The molecule has 2 aromatic rings. The largest absolute Gasteiger partial charge is 0.460 e. The maximum atomic E-state index is 12.2. The van der Waals surface area contributed by atoms with Crippen LogP contribution in [0.3, 0.4) is 0 Å². The van der Waals surface area contributed by atoms with Crippen molar-refractivity contribution in [1.29, 1.82) is 0 Å². The van der Waals surface area contributed by atoms with Crippen LogP contribution in [0.4, 0.5) is 0 Å². The number of aromatic nitrogens is 1. The highest BCUT2D eigenvalue weighted by Gasteiger charge is 2.37. The van der Waals surface area contributed by atoms with Crippen LogP contribution in [0.5, 0.6) is 0 Å². The molecule has 0 saturated carbocycles. The van der Waals surface area contributed by atoms with E-state index in [4.69, 9.17) is 14.2 Å². The first-order chi connectivity index (χ1) is 12.6. The predicted octanol–water partition coefficient (Wildman–Crippen LogP) is 5.03. The number of rotatable bonds is 5. The van der Waals surface area contributed by atoms with E-state index >= 15 is 0 Å². The van der Waals surface area contributed by atoms with Gasteiger partial charge in [-0.3, -0.25) is 4.79 Å². The summed E-state index contributed by atoms with van der Waals surface area (Å²) in [4.78, 5) is 16.8. The first-order valence-corrected chi connectivity index (χ1v) is 11.0. The minimum atomic E-state index is -0.719. The number of benzene rings is 1. The molecular formula is C20H27NO4S2. The van der Waals surface area contributed by atoms with Crippen LogP contribution in [0.2, 0.25) is 0 Å². The molecule has 1 saturated heterocycles. The van der Waals surface area contributed by atoms with E-state index in [0.717, 1.165) is 15.6 Å². The minimum Gasteiger partial charge on any atom is -0.460 e. The van der Waals surface area contributed by atoms with Gasteiger partial charge in [-0.05, 0) is 46.8 Å². The number of nitrogens with zero attached hydrogens (tertiary/aromatic N) is 1. The summed E-state index contributed by atoms with van der Waals surface area (Å²) >= 11 is 3.39. The zero-order chi connectivity index (χ0) is 19.7. The summed E-state index contributed by atoms with van der Waals surface area (Å²) in [6.45, 7) is 9.40. The van der Waals surface area contributed by atoms with Gasteiger partial charge >= 0.3 is 5.97 Å². The predicted molar refractivity (Wildman–Crippen MR) is 109 cm³/mol. The summed E-state index contributed by atoms with van der Waals surface area (Å²) in [7, 11) is 0. The lowest BCUT2D eigenvalue weighted by Gasteiger charge is -2.40. The fraction of sp³-hybridized carbons (Fsp3) is 0.600. The summed E-state index contributed by atoms with van der Waals surface area (Å²) in [5.41, 5.74) is 0.542. The van der Waals surface area contributed by atoms with Gasteiger partial charge in [-0.2, -0.15) is 0 Å². The molecule has 1 aliphatic rings. The van der Waals surface area contributed by atoms with E-state index in [0.29, 0.717) is 6.42 Å². The first-order valence-electron chi connectivity index (χ1n) is 9.15. The second-order valence-corrected chi connectivity index (χ2v) is 10.5. The molecule has 1 fully saturated rings. The van der Waals surface area contributed by atoms with E-state index in [9.17, 15) is 4.79 Å². The first kappa shape index (κ1) is 20.6. The van der Waals surface area contributed by atoms with Gasteiger partial charge in [0.05, 0.1) is 28.8 Å². The highest BCUT2D eigenvalue weighted by molar-refractivity contribution is 8.01. The number of hydrogen-bond donors (Lipinski definition) is 0. The number of carbonyl (C=O) groups is 1. The molecule has 2 heterocycles. The average molecular weight is 410 g/mol. The standard InChI is InChI=1S/C20H27NO4S2/c1-19(2,3)25-17(22)11-13-10-14(24-20(4,5)23-13)12-26-18-21-15-8-6-7-9-16(15)27-18/h6-9,13-14H,10-12H2,1-5H3/t13-,14+/m1/s1. The fourth-order valence-electron chi connectivity index (χ4n) is 3.09. The van der Waals surface area contributed by atoms with Crippen molar-refractivity contribution >= 4 is 39.3 Å².